The first kappa shape index (κ1) is 35.8. The number of rotatable bonds is 15. The lowest BCUT2D eigenvalue weighted by atomic mass is 9.89. The lowest BCUT2D eigenvalue weighted by Gasteiger charge is -2.50. The number of carboxylic acid groups (broad SMARTS) is 1. The number of Topliss-reactive ketones (excluding diaryl/α,β-unsaturated/α-hetero) is 1. The predicted molar refractivity (Wildman–Crippen MR) is 180 cm³/mol. The van der Waals surface area contributed by atoms with Crippen LogP contribution in [0.3, 0.4) is 0 Å². The van der Waals surface area contributed by atoms with Crippen LogP contribution in [0.2, 0.25) is 0 Å². The number of carboxylic acids is 1. The first-order valence-corrected chi connectivity index (χ1v) is 17.6. The van der Waals surface area contributed by atoms with Gasteiger partial charge in [-0.3, -0.25) is 24.1 Å². The Hall–Kier alpha value is -4.48. The molecular formula is C32H39N6O9S2+. The minimum Gasteiger partial charge on any atom is -0.508 e. The highest BCUT2D eigenvalue weighted by Gasteiger charge is 2.55. The number of fused-ring (bicyclic) bond motifs is 1. The molecule has 0 bridgehead atoms. The lowest BCUT2D eigenvalue weighted by molar-refractivity contribution is -0.911. The zero-order valence-corrected chi connectivity index (χ0v) is 29.0. The molecule has 15 nitrogen and oxygen atoms in total. The number of likely N-dealkylation sites (tertiary alicyclic amines) is 1. The molecule has 2 fully saturated rings. The van der Waals surface area contributed by atoms with Crippen LogP contribution in [0.25, 0.3) is 0 Å². The smallest absolute Gasteiger partial charge is 0.352 e. The number of amides is 2. The summed E-state index contributed by atoms with van der Waals surface area (Å²) in [7, 11) is 0. The van der Waals surface area contributed by atoms with E-state index in [1.54, 1.807) is 19.1 Å². The van der Waals surface area contributed by atoms with Gasteiger partial charge in [-0.1, -0.05) is 11.2 Å². The van der Waals surface area contributed by atoms with Gasteiger partial charge in [0.1, 0.15) is 23.7 Å². The van der Waals surface area contributed by atoms with Gasteiger partial charge in [0, 0.05) is 55.4 Å². The third-order valence-electron chi connectivity index (χ3n) is 8.87. The van der Waals surface area contributed by atoms with E-state index in [0.29, 0.717) is 46.6 Å². The Kier molecular flexibility index (Phi) is 10.6. The Morgan fingerprint density at radius 3 is 2.63 bits per heavy atom. The number of phenolic OH excluding ortho intramolecular Hbond substituents is 1. The molecule has 0 unspecified atom stereocenters. The van der Waals surface area contributed by atoms with Crippen molar-refractivity contribution in [2.75, 3.05) is 44.2 Å². The highest BCUT2D eigenvalue weighted by atomic mass is 32.2. The fourth-order valence-electron chi connectivity index (χ4n) is 6.30. The molecule has 2 amide bonds. The molecule has 4 heterocycles. The van der Waals surface area contributed by atoms with Crippen LogP contribution in [0.4, 0.5) is 5.13 Å². The van der Waals surface area contributed by atoms with E-state index < -0.39 is 34.7 Å². The molecule has 2 aromatic rings. The zero-order valence-electron chi connectivity index (χ0n) is 27.3. The maximum Gasteiger partial charge on any atom is 0.352 e. The molecule has 2 atom stereocenters. The number of hydrogen-bond donors (Lipinski definition) is 4. The van der Waals surface area contributed by atoms with E-state index in [9.17, 15) is 34.2 Å². The number of aryl methyl sites for hydroxylation is 1. The van der Waals surface area contributed by atoms with Gasteiger partial charge >= 0.3 is 5.97 Å². The van der Waals surface area contributed by atoms with Crippen molar-refractivity contribution in [1.82, 2.24) is 15.2 Å². The lowest BCUT2D eigenvalue weighted by Crippen LogP contribution is -2.63. The molecule has 0 spiro atoms. The number of aliphatic carboxylic acids is 1. The zero-order chi connectivity index (χ0) is 35.5. The van der Waals surface area contributed by atoms with Crippen molar-refractivity contribution in [3.63, 3.8) is 0 Å². The van der Waals surface area contributed by atoms with Gasteiger partial charge in [0.15, 0.2) is 16.6 Å². The fraction of sp³-hybridized carbons (Fsp3) is 0.469. The molecule has 5 rings (SSSR count). The van der Waals surface area contributed by atoms with Crippen LogP contribution >= 0.6 is 23.1 Å². The normalized spacial score (nSPS) is 20.3. The highest BCUT2D eigenvalue weighted by molar-refractivity contribution is 8.00. The van der Waals surface area contributed by atoms with Crippen LogP contribution < -0.4 is 11.1 Å². The number of nitrogens with one attached hydrogen (secondary N) is 1. The molecule has 0 radical (unpaired) electrons. The summed E-state index contributed by atoms with van der Waals surface area (Å²) in [6, 6.07) is 4.75. The molecule has 1 aromatic carbocycles. The molecule has 3 aliphatic rings. The summed E-state index contributed by atoms with van der Waals surface area (Å²) in [5.41, 5.74) is 7.30. The van der Waals surface area contributed by atoms with Crippen molar-refractivity contribution in [3.8, 4) is 5.75 Å². The molecule has 49 heavy (non-hydrogen) atoms. The number of thiazole rings is 1. The van der Waals surface area contributed by atoms with Crippen LogP contribution in [0.5, 0.6) is 5.75 Å². The largest absolute Gasteiger partial charge is 0.508 e. The van der Waals surface area contributed by atoms with Crippen molar-refractivity contribution in [2.24, 2.45) is 11.1 Å². The van der Waals surface area contributed by atoms with E-state index in [1.807, 2.05) is 0 Å². The molecule has 2 saturated heterocycles. The summed E-state index contributed by atoms with van der Waals surface area (Å²) in [4.78, 5) is 74.0. The average Bonchev–Trinajstić information content (AvgIpc) is 3.69. The van der Waals surface area contributed by atoms with Crippen molar-refractivity contribution in [1.29, 1.82) is 0 Å². The first-order valence-electron chi connectivity index (χ1n) is 15.7. The topological polar surface area (TPSA) is 211 Å². The number of ether oxygens (including phenoxy) is 1. The Morgan fingerprint density at radius 2 is 2.00 bits per heavy atom. The Morgan fingerprint density at radius 1 is 1.27 bits per heavy atom. The van der Waals surface area contributed by atoms with E-state index in [4.69, 9.17) is 15.3 Å². The van der Waals surface area contributed by atoms with Crippen LogP contribution in [0.1, 0.15) is 54.7 Å². The second-order valence-electron chi connectivity index (χ2n) is 12.8. The number of thioether (sulfide) groups is 1. The van der Waals surface area contributed by atoms with Gasteiger partial charge < -0.3 is 35.3 Å². The minimum absolute atomic E-state index is 0.0431. The number of aromatic hydroxyl groups is 1. The first-order chi connectivity index (χ1) is 23.2. The monoisotopic (exact) mass is 715 g/mol. The molecule has 5 N–H and O–H groups in total. The summed E-state index contributed by atoms with van der Waals surface area (Å²) >= 11 is 2.49. The maximum atomic E-state index is 13.5. The summed E-state index contributed by atoms with van der Waals surface area (Å²) in [5.74, 6) is -4.46. The van der Waals surface area contributed by atoms with Crippen molar-refractivity contribution in [2.45, 2.75) is 51.2 Å². The van der Waals surface area contributed by atoms with Crippen molar-refractivity contribution < 1.29 is 48.2 Å². The number of carbonyl (C=O) groups is 5. The number of benzene rings is 1. The molecule has 262 valence electrons. The SMILES string of the molecule is Cc1ccc(C(=O)NCC[N+]2(CC3=C(C(=O)O)N4C(=O)[C@@H](CC(=O)/C(=N\OC(C)(C)OC=O)c5csc(N)n5)[C@H]4SC3)CCCC2)cc1O. The number of carbonyl (C=O) groups excluding carboxylic acids is 4. The molecule has 1 aromatic heterocycles. The number of hydrogen-bond acceptors (Lipinski definition) is 13. The second kappa shape index (κ2) is 14.6. The van der Waals surface area contributed by atoms with Gasteiger partial charge in [0.25, 0.3) is 18.2 Å². The molecule has 0 aliphatic carbocycles. The van der Waals surface area contributed by atoms with E-state index in [1.165, 1.54) is 42.0 Å². The van der Waals surface area contributed by atoms with Crippen molar-refractivity contribution in [3.05, 3.63) is 51.7 Å². The van der Waals surface area contributed by atoms with E-state index in [-0.39, 0.29) is 46.8 Å². The number of nitrogens with zero attached hydrogens (tertiary/aromatic N) is 4. The Labute approximate surface area is 290 Å². The van der Waals surface area contributed by atoms with Gasteiger partial charge in [-0.25, -0.2) is 9.78 Å². The number of aromatic nitrogens is 1. The van der Waals surface area contributed by atoms with Crippen molar-refractivity contribution >= 4 is 64.0 Å². The molecule has 17 heteroatoms. The van der Waals surface area contributed by atoms with Crippen LogP contribution in [0.15, 0.2) is 40.0 Å². The number of nitrogen functional groups attached to an aromatic ring is 1. The summed E-state index contributed by atoms with van der Waals surface area (Å²) in [6.07, 6.45) is 1.63. The van der Waals surface area contributed by atoms with Gasteiger partial charge in [-0.05, 0) is 24.6 Å². The third-order valence-corrected chi connectivity index (χ3v) is 10.9. The standard InChI is InChI=1S/C32H38N6O9S2/c1-18-6-7-19(12-23(18)40)27(42)34-8-11-38(9-4-5-10-38)14-20-15-48-29-21(28(43)37(29)26(20)30(44)45)13-24(41)25(22-16-49-31(33)35-22)36-47-32(2,3)46-17-39/h6-7,12,16-17,21,29H,4-5,8-11,13-15H2,1-3H3,(H4-,33,34,35,40,42,44,45)/p+1/b36-25-/t21-,29-/m1/s1. The summed E-state index contributed by atoms with van der Waals surface area (Å²) in [6.45, 7) is 7.72. The molecular weight excluding hydrogens is 677 g/mol. The van der Waals surface area contributed by atoms with Crippen LogP contribution in [-0.4, -0.2) is 110 Å². The Balaban J connectivity index is 1.28. The number of oxime groups is 1. The highest BCUT2D eigenvalue weighted by Crippen LogP contribution is 2.46. The quantitative estimate of drug-likeness (QED) is 0.0523. The van der Waals surface area contributed by atoms with Crippen LogP contribution in [0, 0.1) is 12.8 Å². The molecule has 0 saturated carbocycles. The maximum absolute atomic E-state index is 13.5. The van der Waals surface area contributed by atoms with Gasteiger partial charge in [-0.15, -0.1) is 23.1 Å². The fourth-order valence-corrected chi connectivity index (χ4v) is 8.25. The number of quaternary nitrogens is 1. The third kappa shape index (κ3) is 7.89. The summed E-state index contributed by atoms with van der Waals surface area (Å²) < 4.78 is 5.41. The second-order valence-corrected chi connectivity index (χ2v) is 14.7. The summed E-state index contributed by atoms with van der Waals surface area (Å²) in [5, 5.41) is 28.3. The van der Waals surface area contributed by atoms with Crippen LogP contribution in [-0.2, 0) is 28.8 Å². The average molecular weight is 716 g/mol. The number of β-lactam (4-membered cyclic amide) rings is 1. The van der Waals surface area contributed by atoms with E-state index in [0.717, 1.165) is 37.3 Å². The minimum atomic E-state index is -1.49. The Bertz CT molecular complexity index is 1720. The number of nitrogens with two attached hydrogens (primary N) is 1. The van der Waals surface area contributed by atoms with E-state index in [2.05, 4.69) is 15.5 Å². The van der Waals surface area contributed by atoms with Gasteiger partial charge in [0.2, 0.25) is 5.91 Å². The number of phenols is 1. The predicted octanol–water partition coefficient (Wildman–Crippen LogP) is 2.24. The van der Waals surface area contributed by atoms with Gasteiger partial charge in [0.05, 0.1) is 37.5 Å². The van der Waals surface area contributed by atoms with Gasteiger partial charge in [-0.2, -0.15) is 0 Å². The number of anilines is 1. The van der Waals surface area contributed by atoms with E-state index >= 15 is 0 Å². The number of ketones is 1. The molecule has 3 aliphatic heterocycles.